The maximum Gasteiger partial charge on any atom is 0.417 e. The Morgan fingerprint density at radius 1 is 1.33 bits per heavy atom. The normalized spacial score (nSPS) is 23.6. The second-order valence-electron chi connectivity index (χ2n) is 6.54. The van der Waals surface area contributed by atoms with Crippen molar-refractivity contribution < 1.29 is 27.8 Å². The molecule has 0 unspecified atom stereocenters. The van der Waals surface area contributed by atoms with Crippen molar-refractivity contribution in [2.24, 2.45) is 5.92 Å². The molecular formula is C14H24F3NO3. The van der Waals surface area contributed by atoms with Crippen LogP contribution in [0.15, 0.2) is 0 Å². The molecule has 0 radical (unpaired) electrons. The van der Waals surface area contributed by atoms with Crippen LogP contribution in [0.2, 0.25) is 0 Å². The van der Waals surface area contributed by atoms with Gasteiger partial charge in [0, 0.05) is 19.0 Å². The summed E-state index contributed by atoms with van der Waals surface area (Å²) >= 11 is 0. The fraction of sp³-hybridized carbons (Fsp3) is 0.929. The second-order valence-corrected chi connectivity index (χ2v) is 6.54. The van der Waals surface area contributed by atoms with Gasteiger partial charge in [-0.3, -0.25) is 0 Å². The highest BCUT2D eigenvalue weighted by atomic mass is 19.4. The number of aliphatic hydroxyl groups is 1. The molecule has 0 bridgehead atoms. The first kappa shape index (κ1) is 18.1. The molecule has 0 aromatic carbocycles. The van der Waals surface area contributed by atoms with E-state index < -0.39 is 35.8 Å². The van der Waals surface area contributed by atoms with Crippen molar-refractivity contribution in [1.82, 2.24) is 4.90 Å². The summed E-state index contributed by atoms with van der Waals surface area (Å²) in [5, 5.41) is 10.0. The molecule has 0 saturated carbocycles. The Morgan fingerprint density at radius 2 is 1.90 bits per heavy atom. The minimum atomic E-state index is -4.71. The average Bonchev–Trinajstić information content (AvgIpc) is 2.34. The summed E-state index contributed by atoms with van der Waals surface area (Å²) in [5.74, 6) is -1.02. The van der Waals surface area contributed by atoms with Gasteiger partial charge in [-0.1, -0.05) is 6.92 Å². The molecule has 1 amide bonds. The van der Waals surface area contributed by atoms with Gasteiger partial charge in [0.25, 0.3) is 0 Å². The van der Waals surface area contributed by atoms with E-state index in [0.717, 1.165) is 0 Å². The molecule has 2 atom stereocenters. The van der Waals surface area contributed by atoms with Gasteiger partial charge in [0.1, 0.15) is 5.60 Å². The zero-order valence-electron chi connectivity index (χ0n) is 13.0. The fourth-order valence-electron chi connectivity index (χ4n) is 2.58. The van der Waals surface area contributed by atoms with Crippen molar-refractivity contribution in [2.45, 2.75) is 64.3 Å². The number of alkyl halides is 3. The lowest BCUT2D eigenvalue weighted by atomic mass is 9.79. The Bertz CT molecular complexity index is 379. The maximum atomic E-state index is 13.1. The molecule has 0 spiro atoms. The standard InChI is InChI=1S/C14H24F3NO3/c1-5-13(20,14(15,16)17)10-7-6-8-18(9-10)11(19)21-12(2,3)4/h10,20H,5-9H2,1-4H3/t10-,13+/m0/s1. The number of likely N-dealkylation sites (tertiary alicyclic amines) is 1. The monoisotopic (exact) mass is 311 g/mol. The smallest absolute Gasteiger partial charge is 0.417 e. The Balaban J connectivity index is 2.83. The van der Waals surface area contributed by atoms with Crippen LogP contribution in [-0.2, 0) is 4.74 Å². The van der Waals surface area contributed by atoms with E-state index >= 15 is 0 Å². The largest absolute Gasteiger partial charge is 0.444 e. The summed E-state index contributed by atoms with van der Waals surface area (Å²) in [5.41, 5.74) is -3.46. The number of rotatable bonds is 2. The molecule has 0 aliphatic carbocycles. The van der Waals surface area contributed by atoms with Gasteiger partial charge in [-0.2, -0.15) is 13.2 Å². The number of amides is 1. The summed E-state index contributed by atoms with van der Waals surface area (Å²) in [7, 11) is 0. The van der Waals surface area contributed by atoms with Crippen LogP contribution < -0.4 is 0 Å². The molecule has 1 fully saturated rings. The van der Waals surface area contributed by atoms with Crippen LogP contribution in [0, 0.1) is 5.92 Å². The zero-order valence-corrected chi connectivity index (χ0v) is 13.0. The Morgan fingerprint density at radius 3 is 2.33 bits per heavy atom. The minimum Gasteiger partial charge on any atom is -0.444 e. The molecule has 1 saturated heterocycles. The van der Waals surface area contributed by atoms with Crippen molar-refractivity contribution in [3.8, 4) is 0 Å². The second kappa shape index (κ2) is 6.02. The van der Waals surface area contributed by atoms with Gasteiger partial charge >= 0.3 is 12.3 Å². The van der Waals surface area contributed by atoms with E-state index in [9.17, 15) is 23.1 Å². The fourth-order valence-corrected chi connectivity index (χ4v) is 2.58. The third-order valence-corrected chi connectivity index (χ3v) is 3.78. The van der Waals surface area contributed by atoms with Gasteiger partial charge in [0.2, 0.25) is 0 Å². The van der Waals surface area contributed by atoms with Gasteiger partial charge in [-0.25, -0.2) is 4.79 Å². The van der Waals surface area contributed by atoms with E-state index in [1.54, 1.807) is 20.8 Å². The summed E-state index contributed by atoms with van der Waals surface area (Å²) in [4.78, 5) is 13.2. The number of ether oxygens (including phenoxy) is 1. The first-order valence-electron chi connectivity index (χ1n) is 7.17. The first-order chi connectivity index (χ1) is 9.40. The van der Waals surface area contributed by atoms with Crippen molar-refractivity contribution in [2.75, 3.05) is 13.1 Å². The number of hydrogen-bond donors (Lipinski definition) is 1. The van der Waals surface area contributed by atoms with Crippen LogP contribution in [-0.4, -0.2) is 46.6 Å². The van der Waals surface area contributed by atoms with E-state index in [2.05, 4.69) is 0 Å². The molecule has 1 aliphatic rings. The predicted octanol–water partition coefficient (Wildman–Crippen LogP) is 3.34. The molecule has 124 valence electrons. The molecule has 7 heteroatoms. The Labute approximate surface area is 123 Å². The highest BCUT2D eigenvalue weighted by Crippen LogP contribution is 2.42. The van der Waals surface area contributed by atoms with Crippen molar-refractivity contribution in [1.29, 1.82) is 0 Å². The third-order valence-electron chi connectivity index (χ3n) is 3.78. The number of halogens is 3. The van der Waals surface area contributed by atoms with Gasteiger partial charge in [0.15, 0.2) is 5.60 Å². The predicted molar refractivity (Wildman–Crippen MR) is 71.8 cm³/mol. The summed E-state index contributed by atoms with van der Waals surface area (Å²) in [6, 6.07) is 0. The molecule has 1 aliphatic heterocycles. The molecule has 1 rings (SSSR count). The van der Waals surface area contributed by atoms with Gasteiger partial charge in [-0.05, 0) is 40.0 Å². The molecule has 4 nitrogen and oxygen atoms in total. The van der Waals surface area contributed by atoms with Crippen LogP contribution in [0.1, 0.15) is 47.0 Å². The van der Waals surface area contributed by atoms with Crippen LogP contribution in [0.5, 0.6) is 0 Å². The zero-order chi connectivity index (χ0) is 16.5. The highest BCUT2D eigenvalue weighted by molar-refractivity contribution is 5.68. The van der Waals surface area contributed by atoms with Crippen molar-refractivity contribution >= 4 is 6.09 Å². The van der Waals surface area contributed by atoms with Crippen LogP contribution in [0.4, 0.5) is 18.0 Å². The van der Waals surface area contributed by atoms with Crippen LogP contribution >= 0.6 is 0 Å². The first-order valence-corrected chi connectivity index (χ1v) is 7.17. The van der Waals surface area contributed by atoms with Gasteiger partial charge in [-0.15, -0.1) is 0 Å². The molecular weight excluding hydrogens is 287 g/mol. The summed E-state index contributed by atoms with van der Waals surface area (Å²) < 4.78 is 44.5. The number of nitrogens with zero attached hydrogens (tertiary/aromatic N) is 1. The van der Waals surface area contributed by atoms with E-state index in [1.807, 2.05) is 0 Å². The van der Waals surface area contributed by atoms with Gasteiger partial charge in [0.05, 0.1) is 0 Å². The third kappa shape index (κ3) is 4.25. The lowest BCUT2D eigenvalue weighted by Gasteiger charge is -2.42. The lowest BCUT2D eigenvalue weighted by molar-refractivity contribution is -0.284. The highest BCUT2D eigenvalue weighted by Gasteiger charge is 2.57. The molecule has 21 heavy (non-hydrogen) atoms. The van der Waals surface area contributed by atoms with E-state index in [-0.39, 0.29) is 13.0 Å². The number of carbonyl (C=O) groups excluding carboxylic acids is 1. The van der Waals surface area contributed by atoms with Gasteiger partial charge < -0.3 is 14.7 Å². The van der Waals surface area contributed by atoms with E-state index in [4.69, 9.17) is 4.74 Å². The quantitative estimate of drug-likeness (QED) is 0.851. The molecule has 1 N–H and O–H groups in total. The topological polar surface area (TPSA) is 49.8 Å². The number of hydrogen-bond acceptors (Lipinski definition) is 3. The van der Waals surface area contributed by atoms with Crippen LogP contribution in [0.25, 0.3) is 0 Å². The minimum absolute atomic E-state index is 0.140. The summed E-state index contributed by atoms with van der Waals surface area (Å²) in [6.07, 6.45) is -5.11. The number of carbonyl (C=O) groups is 1. The van der Waals surface area contributed by atoms with Crippen LogP contribution in [0.3, 0.4) is 0 Å². The van der Waals surface area contributed by atoms with Crippen molar-refractivity contribution in [3.05, 3.63) is 0 Å². The molecule has 0 aromatic rings. The lowest BCUT2D eigenvalue weighted by Crippen LogP contribution is -2.57. The summed E-state index contributed by atoms with van der Waals surface area (Å²) in [6.45, 7) is 6.61. The average molecular weight is 311 g/mol. The molecule has 1 heterocycles. The van der Waals surface area contributed by atoms with E-state index in [1.165, 1.54) is 11.8 Å². The Hall–Kier alpha value is -0.980. The Kier molecular flexibility index (Phi) is 5.18. The number of piperidine rings is 1. The van der Waals surface area contributed by atoms with E-state index in [0.29, 0.717) is 13.0 Å². The SMILES string of the molecule is CC[C@@](O)([C@H]1CCCN(C(=O)OC(C)(C)C)C1)C(F)(F)F. The maximum absolute atomic E-state index is 13.1. The molecule has 0 aromatic heterocycles. The van der Waals surface area contributed by atoms with Crippen molar-refractivity contribution in [3.63, 3.8) is 0 Å².